The van der Waals surface area contributed by atoms with Crippen molar-refractivity contribution in [1.82, 2.24) is 0 Å². The summed E-state index contributed by atoms with van der Waals surface area (Å²) in [7, 11) is 1.56. The molecule has 6 nitrogen and oxygen atoms in total. The number of ether oxygens (including phenoxy) is 2. The summed E-state index contributed by atoms with van der Waals surface area (Å²) in [5.41, 5.74) is 0.583. The number of amides is 1. The van der Waals surface area contributed by atoms with Crippen LogP contribution in [0.15, 0.2) is 48.6 Å². The number of hydrogen-bond donors (Lipinski definition) is 0. The topological polar surface area (TPSA) is 78.9 Å². The van der Waals surface area contributed by atoms with Gasteiger partial charge in [0.2, 0.25) is 5.91 Å². The lowest BCUT2D eigenvalue weighted by Gasteiger charge is -2.33. The lowest BCUT2D eigenvalue weighted by molar-refractivity contribution is -0.313. The van der Waals surface area contributed by atoms with Crippen molar-refractivity contribution < 1.29 is 24.2 Å². The largest absolute Gasteiger partial charge is 0.550 e. The number of anilines is 1. The molecule has 0 aliphatic carbocycles. The van der Waals surface area contributed by atoms with Crippen molar-refractivity contribution in [2.24, 2.45) is 11.8 Å². The van der Waals surface area contributed by atoms with Crippen molar-refractivity contribution in [1.29, 1.82) is 0 Å². The number of hydrogen-bond acceptors (Lipinski definition) is 5. The van der Waals surface area contributed by atoms with Gasteiger partial charge in [0.15, 0.2) is 0 Å². The van der Waals surface area contributed by atoms with Gasteiger partial charge in [-0.1, -0.05) is 23.8 Å². The predicted molar refractivity (Wildman–Crippen MR) is 92.4 cm³/mol. The number of carboxylic acid groups (broad SMARTS) is 1. The highest BCUT2D eigenvalue weighted by atomic mass is 16.5. The first kappa shape index (κ1) is 16.8. The molecule has 2 bridgehead atoms. The molecule has 0 aromatic heterocycles. The number of aliphatic carboxylic acids is 1. The number of carbonyl (C=O) groups is 2. The molecule has 5 atom stereocenters. The molecule has 2 saturated heterocycles. The number of rotatable bonds is 5. The van der Waals surface area contributed by atoms with E-state index in [0.717, 1.165) is 5.57 Å². The number of fused-ring (bicyclic) bond motifs is 1. The van der Waals surface area contributed by atoms with Gasteiger partial charge < -0.3 is 24.3 Å². The van der Waals surface area contributed by atoms with Gasteiger partial charge in [-0.3, -0.25) is 4.79 Å². The van der Waals surface area contributed by atoms with Gasteiger partial charge in [0.05, 0.1) is 25.2 Å². The minimum Gasteiger partial charge on any atom is -0.550 e. The number of benzene rings is 1. The second-order valence-corrected chi connectivity index (χ2v) is 7.20. The summed E-state index contributed by atoms with van der Waals surface area (Å²) in [5, 5.41) is 11.7. The molecule has 136 valence electrons. The molecule has 3 aliphatic rings. The van der Waals surface area contributed by atoms with Gasteiger partial charge in [0.25, 0.3) is 0 Å². The van der Waals surface area contributed by atoms with Crippen LogP contribution in [0.4, 0.5) is 5.69 Å². The number of carboxylic acids is 1. The second kappa shape index (κ2) is 5.71. The average molecular weight is 354 g/mol. The Morgan fingerprint density at radius 3 is 2.88 bits per heavy atom. The zero-order valence-electron chi connectivity index (χ0n) is 14.7. The minimum atomic E-state index is -1.25. The highest BCUT2D eigenvalue weighted by molar-refractivity contribution is 6.03. The summed E-state index contributed by atoms with van der Waals surface area (Å²) in [6, 6.07) is 6.81. The molecule has 0 unspecified atom stereocenters. The van der Waals surface area contributed by atoms with Gasteiger partial charge in [0.1, 0.15) is 11.4 Å². The molecule has 6 heteroatoms. The van der Waals surface area contributed by atoms with Crippen LogP contribution in [0.25, 0.3) is 0 Å². The lowest BCUT2D eigenvalue weighted by atomic mass is 9.74. The van der Waals surface area contributed by atoms with Crippen LogP contribution in [0.1, 0.15) is 13.3 Å². The van der Waals surface area contributed by atoms with Crippen LogP contribution < -0.4 is 14.7 Å². The number of methoxy groups -OCH3 is 1. The van der Waals surface area contributed by atoms with E-state index in [0.29, 0.717) is 17.9 Å². The third-order valence-corrected chi connectivity index (χ3v) is 5.57. The summed E-state index contributed by atoms with van der Waals surface area (Å²) in [6.07, 6.45) is 3.49. The predicted octanol–water partition coefficient (Wildman–Crippen LogP) is 1.07. The quantitative estimate of drug-likeness (QED) is 0.739. The van der Waals surface area contributed by atoms with E-state index in [1.807, 2.05) is 19.1 Å². The maximum atomic E-state index is 13.3. The Morgan fingerprint density at radius 2 is 2.23 bits per heavy atom. The smallest absolute Gasteiger partial charge is 0.234 e. The molecule has 4 rings (SSSR count). The van der Waals surface area contributed by atoms with Crippen molar-refractivity contribution in [2.75, 3.05) is 12.0 Å². The molecule has 3 heterocycles. The molecular weight excluding hydrogens is 334 g/mol. The Balaban J connectivity index is 1.84. The van der Waals surface area contributed by atoms with E-state index >= 15 is 0 Å². The van der Waals surface area contributed by atoms with E-state index in [9.17, 15) is 14.7 Å². The summed E-state index contributed by atoms with van der Waals surface area (Å²) in [4.78, 5) is 26.7. The fourth-order valence-electron chi connectivity index (χ4n) is 4.57. The molecular formula is C20H20NO5-. The van der Waals surface area contributed by atoms with E-state index in [-0.39, 0.29) is 11.9 Å². The van der Waals surface area contributed by atoms with Gasteiger partial charge in [-0.2, -0.15) is 0 Å². The molecule has 3 aliphatic heterocycles. The second-order valence-electron chi connectivity index (χ2n) is 7.20. The summed E-state index contributed by atoms with van der Waals surface area (Å²) >= 11 is 0. The first-order valence-corrected chi connectivity index (χ1v) is 8.58. The monoisotopic (exact) mass is 354 g/mol. The van der Waals surface area contributed by atoms with E-state index in [1.54, 1.807) is 36.3 Å². The first-order valence-electron chi connectivity index (χ1n) is 8.58. The third kappa shape index (κ3) is 2.15. The standard InChI is InChI=1S/C20H21NO5/c1-11(2)9-15-20-8-7-14(26-20)16(19(23)24)17(20)18(22)21(15)12-5-4-6-13(10-12)25-3/h4-8,10,14-17H,1,9H2,2-3H3,(H,23,24)/p-1/t14-,15+,16+,17+,20+/m0/s1. The summed E-state index contributed by atoms with van der Waals surface area (Å²) in [5.74, 6) is -2.66. The van der Waals surface area contributed by atoms with Crippen molar-refractivity contribution in [2.45, 2.75) is 31.1 Å². The van der Waals surface area contributed by atoms with E-state index in [2.05, 4.69) is 6.58 Å². The zero-order valence-corrected chi connectivity index (χ0v) is 14.7. The SMILES string of the molecule is C=C(C)C[C@H]1N(c2cccc(OC)c2)C(=O)[C@H]2[C@H](C(=O)[O-])[C@@H]3C=C[C@]21O3. The Hall–Kier alpha value is -2.60. The highest BCUT2D eigenvalue weighted by Gasteiger charge is 2.69. The van der Waals surface area contributed by atoms with Crippen LogP contribution in [-0.2, 0) is 14.3 Å². The van der Waals surface area contributed by atoms with Crippen molar-refractivity contribution in [3.05, 3.63) is 48.6 Å². The molecule has 1 aromatic rings. The third-order valence-electron chi connectivity index (χ3n) is 5.57. The molecule has 0 saturated carbocycles. The Labute approximate surface area is 151 Å². The Bertz CT molecular complexity index is 831. The first-order chi connectivity index (χ1) is 12.4. The summed E-state index contributed by atoms with van der Waals surface area (Å²) in [6.45, 7) is 5.87. The van der Waals surface area contributed by atoms with Crippen LogP contribution in [0.3, 0.4) is 0 Å². The van der Waals surface area contributed by atoms with Crippen molar-refractivity contribution in [3.8, 4) is 5.75 Å². The minimum absolute atomic E-state index is 0.259. The molecule has 1 amide bonds. The van der Waals surface area contributed by atoms with Gasteiger partial charge in [-0.05, 0) is 25.5 Å². The van der Waals surface area contributed by atoms with Crippen molar-refractivity contribution >= 4 is 17.6 Å². The highest BCUT2D eigenvalue weighted by Crippen LogP contribution is 2.56. The Kier molecular flexibility index (Phi) is 3.70. The average Bonchev–Trinajstić information content (AvgIpc) is 3.24. The van der Waals surface area contributed by atoms with Crippen molar-refractivity contribution in [3.63, 3.8) is 0 Å². The Morgan fingerprint density at radius 1 is 1.46 bits per heavy atom. The van der Waals surface area contributed by atoms with E-state index in [1.165, 1.54) is 0 Å². The molecule has 0 N–H and O–H groups in total. The molecule has 2 fully saturated rings. The van der Waals surface area contributed by atoms with Crippen LogP contribution in [0.5, 0.6) is 5.75 Å². The lowest BCUT2D eigenvalue weighted by Crippen LogP contribution is -2.46. The molecule has 1 spiro atoms. The number of nitrogens with zero attached hydrogens (tertiary/aromatic N) is 1. The summed E-state index contributed by atoms with van der Waals surface area (Å²) < 4.78 is 11.4. The number of carbonyl (C=O) groups excluding carboxylic acids is 2. The van der Waals surface area contributed by atoms with E-state index in [4.69, 9.17) is 9.47 Å². The van der Waals surface area contributed by atoms with E-state index < -0.39 is 29.5 Å². The van der Waals surface area contributed by atoms with Crippen LogP contribution in [0.2, 0.25) is 0 Å². The molecule has 26 heavy (non-hydrogen) atoms. The van der Waals surface area contributed by atoms with Gasteiger partial charge in [0, 0.05) is 23.6 Å². The molecule has 1 aromatic carbocycles. The maximum absolute atomic E-state index is 13.3. The van der Waals surface area contributed by atoms with Gasteiger partial charge >= 0.3 is 0 Å². The fraction of sp³-hybridized carbons (Fsp3) is 0.400. The van der Waals surface area contributed by atoms with Crippen LogP contribution in [-0.4, -0.2) is 36.7 Å². The zero-order chi connectivity index (χ0) is 18.6. The van der Waals surface area contributed by atoms with Gasteiger partial charge in [-0.15, -0.1) is 6.58 Å². The normalized spacial score (nSPS) is 34.2. The van der Waals surface area contributed by atoms with Crippen LogP contribution >= 0.6 is 0 Å². The molecule has 0 radical (unpaired) electrons. The van der Waals surface area contributed by atoms with Crippen LogP contribution in [0, 0.1) is 11.8 Å². The fourth-order valence-corrected chi connectivity index (χ4v) is 4.57. The maximum Gasteiger partial charge on any atom is 0.234 e. The van der Waals surface area contributed by atoms with Gasteiger partial charge in [-0.25, -0.2) is 0 Å².